The summed E-state index contributed by atoms with van der Waals surface area (Å²) in [6, 6.07) is 17.1. The van der Waals surface area contributed by atoms with E-state index in [1.54, 1.807) is 0 Å². The maximum Gasteiger partial charge on any atom is 0.327 e. The average molecular weight is 360 g/mol. The second-order valence-corrected chi connectivity index (χ2v) is 6.35. The van der Waals surface area contributed by atoms with Gasteiger partial charge in [-0.1, -0.05) is 60.9 Å². The van der Waals surface area contributed by atoms with E-state index in [9.17, 15) is 9.59 Å². The summed E-state index contributed by atoms with van der Waals surface area (Å²) in [6.45, 7) is 5.92. The van der Waals surface area contributed by atoms with Gasteiger partial charge in [-0.3, -0.25) is 0 Å². The van der Waals surface area contributed by atoms with Gasteiger partial charge < -0.3 is 10.2 Å². The van der Waals surface area contributed by atoms with Crippen molar-refractivity contribution in [2.75, 3.05) is 0 Å². The van der Waals surface area contributed by atoms with Gasteiger partial charge in [0.25, 0.3) is 0 Å². The Morgan fingerprint density at radius 3 is 1.08 bits per heavy atom. The summed E-state index contributed by atoms with van der Waals surface area (Å²) >= 11 is 3.72. The number of benzene rings is 2. The van der Waals surface area contributed by atoms with Crippen molar-refractivity contribution in [3.05, 3.63) is 73.8 Å². The zero-order valence-electron chi connectivity index (χ0n) is 12.7. The lowest BCUT2D eigenvalue weighted by Crippen LogP contribution is -1.87. The molecule has 0 spiro atoms. The molecule has 2 N–H and O–H groups in total. The first-order valence-electron chi connectivity index (χ1n) is 6.72. The van der Waals surface area contributed by atoms with Crippen molar-refractivity contribution in [1.82, 2.24) is 0 Å². The highest BCUT2D eigenvalue weighted by Gasteiger charge is 2.14. The fourth-order valence-corrected chi connectivity index (χ4v) is 3.71. The maximum atomic E-state index is 9.25. The second-order valence-electron chi connectivity index (χ2n) is 4.18. The molecule has 0 radical (unpaired) electrons. The molecular formula is C18H16O4S2. The van der Waals surface area contributed by atoms with Crippen LogP contribution in [0.2, 0.25) is 0 Å². The van der Waals surface area contributed by atoms with E-state index in [2.05, 4.69) is 61.7 Å². The maximum absolute atomic E-state index is 9.25. The lowest BCUT2D eigenvalue weighted by atomic mass is 10.3. The normalized spacial score (nSPS) is 10.3. The molecule has 0 aliphatic carbocycles. The van der Waals surface area contributed by atoms with Crippen LogP contribution in [0.4, 0.5) is 0 Å². The van der Waals surface area contributed by atoms with Crippen LogP contribution >= 0.6 is 23.5 Å². The van der Waals surface area contributed by atoms with Crippen LogP contribution in [0.1, 0.15) is 0 Å². The van der Waals surface area contributed by atoms with Gasteiger partial charge in [0.1, 0.15) is 0 Å². The van der Waals surface area contributed by atoms with Crippen LogP contribution in [0.5, 0.6) is 0 Å². The molecule has 124 valence electrons. The summed E-state index contributed by atoms with van der Waals surface area (Å²) in [5.74, 6) is -1.96. The molecule has 1 aliphatic rings. The van der Waals surface area contributed by atoms with Crippen LogP contribution in [-0.2, 0) is 9.59 Å². The molecule has 0 unspecified atom stereocenters. The first-order valence-corrected chi connectivity index (χ1v) is 8.35. The second kappa shape index (κ2) is 10.4. The molecule has 1 heterocycles. The summed E-state index contributed by atoms with van der Waals surface area (Å²) in [6.07, 6.45) is 1.67. The van der Waals surface area contributed by atoms with Crippen LogP contribution in [-0.4, -0.2) is 22.2 Å². The summed E-state index contributed by atoms with van der Waals surface area (Å²) < 4.78 is 0. The van der Waals surface area contributed by atoms with Crippen molar-refractivity contribution in [2.24, 2.45) is 0 Å². The van der Waals surface area contributed by atoms with Gasteiger partial charge in [-0.05, 0) is 24.3 Å². The van der Waals surface area contributed by atoms with Gasteiger partial charge in [-0.2, -0.15) is 0 Å². The number of carboxylic acids is 2. The Bertz CT molecular complexity index is 636. The molecule has 24 heavy (non-hydrogen) atoms. The molecule has 0 aromatic heterocycles. The van der Waals surface area contributed by atoms with Gasteiger partial charge in [-0.25, -0.2) is 9.59 Å². The van der Waals surface area contributed by atoms with E-state index in [4.69, 9.17) is 10.2 Å². The molecule has 0 fully saturated rings. The first kappa shape index (κ1) is 19.6. The molecule has 0 amide bonds. The highest BCUT2D eigenvalue weighted by molar-refractivity contribution is 8.05. The summed E-state index contributed by atoms with van der Waals surface area (Å²) in [5, 5.41) is 15.2. The molecule has 0 saturated carbocycles. The number of aliphatic carboxylic acids is 2. The Labute approximate surface area is 148 Å². The van der Waals surface area contributed by atoms with Crippen LogP contribution in [0, 0.1) is 0 Å². The van der Waals surface area contributed by atoms with E-state index >= 15 is 0 Å². The Morgan fingerprint density at radius 2 is 0.917 bits per heavy atom. The molecule has 4 nitrogen and oxygen atoms in total. The molecule has 2 aromatic carbocycles. The van der Waals surface area contributed by atoms with Gasteiger partial charge in [0.15, 0.2) is 0 Å². The number of fused-ring (bicyclic) bond motifs is 2. The third kappa shape index (κ3) is 6.76. The van der Waals surface area contributed by atoms with E-state index in [1.165, 1.54) is 19.6 Å². The Morgan fingerprint density at radius 1 is 0.708 bits per heavy atom. The largest absolute Gasteiger partial charge is 0.478 e. The van der Waals surface area contributed by atoms with E-state index in [0.29, 0.717) is 0 Å². The van der Waals surface area contributed by atoms with Gasteiger partial charge in [0.2, 0.25) is 0 Å². The monoisotopic (exact) mass is 360 g/mol. The molecule has 0 saturated heterocycles. The van der Waals surface area contributed by atoms with Crippen molar-refractivity contribution in [3.63, 3.8) is 0 Å². The van der Waals surface area contributed by atoms with Gasteiger partial charge in [0, 0.05) is 31.7 Å². The van der Waals surface area contributed by atoms with Gasteiger partial charge in [-0.15, -0.1) is 0 Å². The lowest BCUT2D eigenvalue weighted by molar-refractivity contribution is -0.132. The minimum atomic E-state index is -0.981. The minimum Gasteiger partial charge on any atom is -0.478 e. The standard InChI is InChI=1S/C12H8S2.2C3H4O2/c1-2-6-10-9(5-1)13-11-7-3-4-8-12(11)14-10;2*1-2-3(4)5/h1-8H;2*2H,1H2,(H,4,5). The van der Waals surface area contributed by atoms with Crippen LogP contribution in [0.25, 0.3) is 0 Å². The molecule has 0 bridgehead atoms. The van der Waals surface area contributed by atoms with E-state index in [0.717, 1.165) is 12.2 Å². The Balaban J connectivity index is 0.000000243. The molecule has 6 heteroatoms. The molecule has 2 aromatic rings. The van der Waals surface area contributed by atoms with Crippen molar-refractivity contribution in [1.29, 1.82) is 0 Å². The SMILES string of the molecule is C=CC(=O)O.C=CC(=O)O.c1ccc2c(c1)Sc1ccccc1S2. The number of carboxylic acid groups (broad SMARTS) is 2. The summed E-state index contributed by atoms with van der Waals surface area (Å²) in [7, 11) is 0. The fraction of sp³-hybridized carbons (Fsp3) is 0. The minimum absolute atomic E-state index is 0.833. The predicted octanol–water partition coefficient (Wildman–Crippen LogP) is 4.82. The lowest BCUT2D eigenvalue weighted by Gasteiger charge is -2.17. The zero-order chi connectivity index (χ0) is 17.9. The third-order valence-electron chi connectivity index (χ3n) is 2.49. The molecular weight excluding hydrogens is 344 g/mol. The number of rotatable bonds is 2. The van der Waals surface area contributed by atoms with Crippen molar-refractivity contribution in [2.45, 2.75) is 19.6 Å². The summed E-state index contributed by atoms with van der Waals surface area (Å²) in [5.41, 5.74) is 0. The number of carbonyl (C=O) groups is 2. The topological polar surface area (TPSA) is 74.6 Å². The zero-order valence-corrected chi connectivity index (χ0v) is 14.3. The average Bonchev–Trinajstić information content (AvgIpc) is 2.60. The van der Waals surface area contributed by atoms with Gasteiger partial charge in [0.05, 0.1) is 0 Å². The number of hydrogen-bond donors (Lipinski definition) is 2. The Kier molecular flexibility index (Phi) is 8.46. The van der Waals surface area contributed by atoms with Crippen LogP contribution < -0.4 is 0 Å². The van der Waals surface area contributed by atoms with E-state index < -0.39 is 11.9 Å². The predicted molar refractivity (Wildman–Crippen MR) is 96.8 cm³/mol. The first-order chi connectivity index (χ1) is 11.5. The van der Waals surface area contributed by atoms with Crippen molar-refractivity contribution < 1.29 is 19.8 Å². The smallest absolute Gasteiger partial charge is 0.327 e. The number of hydrogen-bond acceptors (Lipinski definition) is 4. The molecule has 0 atom stereocenters. The molecule has 1 aliphatic heterocycles. The fourth-order valence-electron chi connectivity index (χ4n) is 1.47. The third-order valence-corrected chi connectivity index (χ3v) is 5.05. The molecule has 3 rings (SSSR count). The van der Waals surface area contributed by atoms with Gasteiger partial charge >= 0.3 is 11.9 Å². The Hall–Kier alpha value is -2.44. The van der Waals surface area contributed by atoms with Crippen molar-refractivity contribution in [3.8, 4) is 0 Å². The quantitative estimate of drug-likeness (QED) is 0.639. The van der Waals surface area contributed by atoms with Crippen LogP contribution in [0.3, 0.4) is 0 Å². The highest BCUT2D eigenvalue weighted by Crippen LogP contribution is 2.47. The van der Waals surface area contributed by atoms with E-state index in [-0.39, 0.29) is 0 Å². The summed E-state index contributed by atoms with van der Waals surface area (Å²) in [4.78, 5) is 24.0. The van der Waals surface area contributed by atoms with Crippen molar-refractivity contribution >= 4 is 35.5 Å². The van der Waals surface area contributed by atoms with E-state index in [1.807, 2.05) is 23.5 Å². The highest BCUT2D eigenvalue weighted by atomic mass is 32.2. The van der Waals surface area contributed by atoms with Crippen LogP contribution in [0.15, 0.2) is 93.4 Å².